The average molecular weight is 716 g/mol. The summed E-state index contributed by atoms with van der Waals surface area (Å²) in [7, 11) is 0. The molecule has 0 aliphatic rings. The molecule has 0 radical (unpaired) electrons. The molecule has 0 fully saturated rings. The largest absolute Gasteiger partial charge is 0.456 e. The first-order valence-electron chi connectivity index (χ1n) is 19.1. The molecular formula is C54H37NO. The summed E-state index contributed by atoms with van der Waals surface area (Å²) in [6, 6.07) is 80.2. The third-order valence-corrected chi connectivity index (χ3v) is 10.7. The highest BCUT2D eigenvalue weighted by Crippen LogP contribution is 2.50. The SMILES string of the molecule is c1ccc(-c2ccccc2-c2c(-c3ccccc3)cccc2N(c2ccc(-c3ccc4oc5ccccc5c4c3)cc2)c2ccccc2-c2ccccc2)cc1. The summed E-state index contributed by atoms with van der Waals surface area (Å²) < 4.78 is 6.16. The van der Waals surface area contributed by atoms with Crippen molar-refractivity contribution in [2.75, 3.05) is 4.90 Å². The molecule has 0 unspecified atom stereocenters. The zero-order chi connectivity index (χ0) is 37.3. The Bertz CT molecular complexity index is 2950. The second-order valence-electron chi connectivity index (χ2n) is 14.1. The second-order valence-corrected chi connectivity index (χ2v) is 14.1. The molecule has 0 amide bonds. The Labute approximate surface area is 327 Å². The van der Waals surface area contributed by atoms with E-state index in [1.54, 1.807) is 0 Å². The Hall–Kier alpha value is -7.42. The van der Waals surface area contributed by atoms with Gasteiger partial charge in [-0.3, -0.25) is 0 Å². The van der Waals surface area contributed by atoms with E-state index in [-0.39, 0.29) is 0 Å². The number of hydrogen-bond donors (Lipinski definition) is 0. The van der Waals surface area contributed by atoms with Gasteiger partial charge in [0.15, 0.2) is 0 Å². The van der Waals surface area contributed by atoms with E-state index in [0.717, 1.165) is 61.3 Å². The summed E-state index contributed by atoms with van der Waals surface area (Å²) in [4.78, 5) is 2.45. The van der Waals surface area contributed by atoms with Crippen molar-refractivity contribution in [3.63, 3.8) is 0 Å². The molecule has 10 aromatic rings. The maximum Gasteiger partial charge on any atom is 0.135 e. The number of anilines is 3. The van der Waals surface area contributed by atoms with Gasteiger partial charge < -0.3 is 9.32 Å². The number of fused-ring (bicyclic) bond motifs is 3. The predicted molar refractivity (Wildman–Crippen MR) is 236 cm³/mol. The topological polar surface area (TPSA) is 16.4 Å². The van der Waals surface area contributed by atoms with Crippen LogP contribution in [0.25, 0.3) is 77.6 Å². The summed E-state index contributed by atoms with van der Waals surface area (Å²) in [5.74, 6) is 0. The Morgan fingerprint density at radius 1 is 0.286 bits per heavy atom. The molecule has 0 bridgehead atoms. The van der Waals surface area contributed by atoms with Gasteiger partial charge in [0.2, 0.25) is 0 Å². The molecule has 2 heteroatoms. The van der Waals surface area contributed by atoms with Gasteiger partial charge in [0.25, 0.3) is 0 Å². The van der Waals surface area contributed by atoms with Gasteiger partial charge in [0.05, 0.1) is 11.4 Å². The molecule has 1 aromatic heterocycles. The Balaban J connectivity index is 1.21. The maximum atomic E-state index is 6.16. The van der Waals surface area contributed by atoms with Crippen LogP contribution >= 0.6 is 0 Å². The molecule has 2 nitrogen and oxygen atoms in total. The van der Waals surface area contributed by atoms with Crippen LogP contribution < -0.4 is 4.90 Å². The van der Waals surface area contributed by atoms with Crippen molar-refractivity contribution in [3.8, 4) is 55.6 Å². The number of rotatable bonds is 8. The van der Waals surface area contributed by atoms with Crippen molar-refractivity contribution in [3.05, 3.63) is 224 Å². The lowest BCUT2D eigenvalue weighted by Crippen LogP contribution is -2.13. The molecule has 0 aliphatic heterocycles. The van der Waals surface area contributed by atoms with Crippen molar-refractivity contribution in [1.82, 2.24) is 0 Å². The molecule has 0 saturated heterocycles. The van der Waals surface area contributed by atoms with E-state index in [2.05, 4.69) is 217 Å². The summed E-state index contributed by atoms with van der Waals surface area (Å²) in [5.41, 5.74) is 16.7. The van der Waals surface area contributed by atoms with Crippen molar-refractivity contribution < 1.29 is 4.42 Å². The van der Waals surface area contributed by atoms with Crippen LogP contribution in [-0.2, 0) is 0 Å². The molecule has 264 valence electrons. The summed E-state index contributed by atoms with van der Waals surface area (Å²) in [6.45, 7) is 0. The third-order valence-electron chi connectivity index (χ3n) is 10.7. The van der Waals surface area contributed by atoms with E-state index in [0.29, 0.717) is 0 Å². The molecule has 0 spiro atoms. The van der Waals surface area contributed by atoms with Crippen LogP contribution in [0.2, 0.25) is 0 Å². The highest BCUT2D eigenvalue weighted by molar-refractivity contribution is 6.06. The molecule has 1 heterocycles. The number of para-hydroxylation sites is 2. The first-order chi connectivity index (χ1) is 27.8. The van der Waals surface area contributed by atoms with Gasteiger partial charge in [-0.15, -0.1) is 0 Å². The Morgan fingerprint density at radius 3 is 1.50 bits per heavy atom. The molecule has 0 saturated carbocycles. The van der Waals surface area contributed by atoms with Crippen molar-refractivity contribution in [2.45, 2.75) is 0 Å². The predicted octanol–water partition coefficient (Wildman–Crippen LogP) is 15.4. The van der Waals surface area contributed by atoms with Gasteiger partial charge in [0.1, 0.15) is 11.2 Å². The number of furan rings is 1. The number of benzene rings is 9. The molecule has 10 rings (SSSR count). The quantitative estimate of drug-likeness (QED) is 0.156. The lowest BCUT2D eigenvalue weighted by atomic mass is 9.87. The van der Waals surface area contributed by atoms with Gasteiger partial charge in [-0.05, 0) is 87.0 Å². The first kappa shape index (κ1) is 33.2. The normalized spacial score (nSPS) is 11.2. The van der Waals surface area contributed by atoms with Gasteiger partial charge in [-0.2, -0.15) is 0 Å². The van der Waals surface area contributed by atoms with E-state index in [1.807, 2.05) is 12.1 Å². The molecular weight excluding hydrogens is 679 g/mol. The van der Waals surface area contributed by atoms with Crippen LogP contribution in [0.1, 0.15) is 0 Å². The summed E-state index contributed by atoms with van der Waals surface area (Å²) in [6.07, 6.45) is 0. The highest BCUT2D eigenvalue weighted by Gasteiger charge is 2.24. The molecule has 0 aliphatic carbocycles. The fraction of sp³-hybridized carbons (Fsp3) is 0. The van der Waals surface area contributed by atoms with Crippen molar-refractivity contribution >= 4 is 39.0 Å². The zero-order valence-electron chi connectivity index (χ0n) is 30.7. The van der Waals surface area contributed by atoms with E-state index in [1.165, 1.54) is 33.4 Å². The van der Waals surface area contributed by atoms with E-state index in [9.17, 15) is 0 Å². The summed E-state index contributed by atoms with van der Waals surface area (Å²) >= 11 is 0. The van der Waals surface area contributed by atoms with Gasteiger partial charge >= 0.3 is 0 Å². The van der Waals surface area contributed by atoms with Gasteiger partial charge in [-0.25, -0.2) is 0 Å². The Morgan fingerprint density at radius 2 is 0.786 bits per heavy atom. The van der Waals surface area contributed by atoms with Crippen LogP contribution in [-0.4, -0.2) is 0 Å². The second kappa shape index (κ2) is 14.4. The van der Waals surface area contributed by atoms with Crippen LogP contribution in [0.4, 0.5) is 17.1 Å². The maximum absolute atomic E-state index is 6.16. The number of nitrogens with zero attached hydrogens (tertiary/aromatic N) is 1. The molecule has 0 N–H and O–H groups in total. The van der Waals surface area contributed by atoms with Gasteiger partial charge in [0, 0.05) is 27.6 Å². The minimum Gasteiger partial charge on any atom is -0.456 e. The van der Waals surface area contributed by atoms with Crippen LogP contribution in [0.15, 0.2) is 229 Å². The van der Waals surface area contributed by atoms with E-state index in [4.69, 9.17) is 4.42 Å². The lowest BCUT2D eigenvalue weighted by Gasteiger charge is -2.31. The Kier molecular flexibility index (Phi) is 8.55. The van der Waals surface area contributed by atoms with E-state index >= 15 is 0 Å². The average Bonchev–Trinajstić information content (AvgIpc) is 3.66. The molecule has 0 atom stereocenters. The fourth-order valence-corrected chi connectivity index (χ4v) is 8.09. The number of hydrogen-bond acceptors (Lipinski definition) is 2. The first-order valence-corrected chi connectivity index (χ1v) is 19.1. The smallest absolute Gasteiger partial charge is 0.135 e. The zero-order valence-corrected chi connectivity index (χ0v) is 30.7. The minimum atomic E-state index is 0.900. The highest BCUT2D eigenvalue weighted by atomic mass is 16.3. The molecule has 9 aromatic carbocycles. The van der Waals surface area contributed by atoms with E-state index < -0.39 is 0 Å². The third kappa shape index (κ3) is 6.04. The van der Waals surface area contributed by atoms with Gasteiger partial charge in [-0.1, -0.05) is 182 Å². The van der Waals surface area contributed by atoms with Crippen LogP contribution in [0.3, 0.4) is 0 Å². The van der Waals surface area contributed by atoms with Crippen LogP contribution in [0, 0.1) is 0 Å². The lowest BCUT2D eigenvalue weighted by molar-refractivity contribution is 0.669. The van der Waals surface area contributed by atoms with Crippen LogP contribution in [0.5, 0.6) is 0 Å². The summed E-state index contributed by atoms with van der Waals surface area (Å²) in [5, 5.41) is 2.26. The molecule has 56 heavy (non-hydrogen) atoms. The minimum absolute atomic E-state index is 0.900. The van der Waals surface area contributed by atoms with Crippen molar-refractivity contribution in [2.24, 2.45) is 0 Å². The van der Waals surface area contributed by atoms with Crippen molar-refractivity contribution in [1.29, 1.82) is 0 Å². The monoisotopic (exact) mass is 715 g/mol. The fourth-order valence-electron chi connectivity index (χ4n) is 8.09. The standard InChI is InChI=1S/C54H37NO/c1-4-17-39(18-5-1)44-23-10-11-26-48(44)54-46(41-21-8-3-9-22-41)27-16-29-51(54)55(50-28-14-12-24-45(50)40-19-6-2-7-20-40)43-34-31-38(32-35-43)42-33-36-53-49(37-42)47-25-13-15-30-52(47)56-53/h1-37H.